The van der Waals surface area contributed by atoms with E-state index in [-0.39, 0.29) is 23.7 Å². The van der Waals surface area contributed by atoms with Gasteiger partial charge < -0.3 is 15.3 Å². The third-order valence-electron chi connectivity index (χ3n) is 5.60. The van der Waals surface area contributed by atoms with Crippen LogP contribution in [0.1, 0.15) is 49.3 Å². The van der Waals surface area contributed by atoms with Crippen molar-refractivity contribution in [1.29, 1.82) is 0 Å². The van der Waals surface area contributed by atoms with Crippen LogP contribution < -0.4 is 5.32 Å². The molecular formula is C23H29FN2O2. The number of carbonyl (C=O) groups is 1. The normalized spacial score (nSPS) is 17.8. The molecule has 1 aliphatic heterocycles. The quantitative estimate of drug-likeness (QED) is 0.766. The molecule has 28 heavy (non-hydrogen) atoms. The standard InChI is InChI=1S/C23H29FN2O2/c1-17(18-7-9-20(24)10-8-18)23(28)25-21-11-14-26(15-12-21)16-13-22(27)19-5-3-2-4-6-19/h2-10,17,21-22,27H,11-16H2,1H3,(H,25,28). The van der Waals surface area contributed by atoms with E-state index in [1.165, 1.54) is 12.1 Å². The highest BCUT2D eigenvalue weighted by Gasteiger charge is 2.23. The van der Waals surface area contributed by atoms with Crippen LogP contribution in [0, 0.1) is 5.82 Å². The summed E-state index contributed by atoms with van der Waals surface area (Å²) >= 11 is 0. The van der Waals surface area contributed by atoms with E-state index in [2.05, 4.69) is 10.2 Å². The fourth-order valence-electron chi connectivity index (χ4n) is 3.68. The Morgan fingerprint density at radius 1 is 1.11 bits per heavy atom. The second-order valence-electron chi connectivity index (χ2n) is 7.61. The molecule has 0 saturated carbocycles. The van der Waals surface area contributed by atoms with Crippen molar-refractivity contribution >= 4 is 5.91 Å². The van der Waals surface area contributed by atoms with E-state index in [0.717, 1.165) is 43.6 Å². The first-order chi connectivity index (χ1) is 13.5. The molecule has 2 atom stereocenters. The molecule has 0 aliphatic carbocycles. The molecule has 2 unspecified atom stereocenters. The number of benzene rings is 2. The van der Waals surface area contributed by atoms with Gasteiger partial charge in [0.2, 0.25) is 5.91 Å². The summed E-state index contributed by atoms with van der Waals surface area (Å²) in [5.41, 5.74) is 1.78. The maximum Gasteiger partial charge on any atom is 0.227 e. The van der Waals surface area contributed by atoms with Crippen LogP contribution in [0.3, 0.4) is 0 Å². The number of aliphatic hydroxyl groups excluding tert-OH is 1. The largest absolute Gasteiger partial charge is 0.388 e. The highest BCUT2D eigenvalue weighted by Crippen LogP contribution is 2.20. The lowest BCUT2D eigenvalue weighted by molar-refractivity contribution is -0.123. The van der Waals surface area contributed by atoms with Crippen molar-refractivity contribution in [3.63, 3.8) is 0 Å². The van der Waals surface area contributed by atoms with Crippen molar-refractivity contribution in [2.24, 2.45) is 0 Å². The Morgan fingerprint density at radius 3 is 2.39 bits per heavy atom. The summed E-state index contributed by atoms with van der Waals surface area (Å²) in [7, 11) is 0. The highest BCUT2D eigenvalue weighted by molar-refractivity contribution is 5.83. The van der Waals surface area contributed by atoms with Gasteiger partial charge in [-0.15, -0.1) is 0 Å². The van der Waals surface area contributed by atoms with Gasteiger partial charge in [-0.05, 0) is 49.4 Å². The molecule has 1 amide bonds. The first-order valence-electron chi connectivity index (χ1n) is 10.0. The number of piperidine rings is 1. The minimum atomic E-state index is -0.435. The first kappa shape index (κ1) is 20.5. The number of amides is 1. The smallest absolute Gasteiger partial charge is 0.227 e. The number of hydrogen-bond donors (Lipinski definition) is 2. The third kappa shape index (κ3) is 5.63. The van der Waals surface area contributed by atoms with Crippen molar-refractivity contribution in [3.8, 4) is 0 Å². The van der Waals surface area contributed by atoms with E-state index in [1.807, 2.05) is 37.3 Å². The van der Waals surface area contributed by atoms with Crippen LogP contribution in [0.5, 0.6) is 0 Å². The molecule has 2 aromatic carbocycles. The first-order valence-corrected chi connectivity index (χ1v) is 10.0. The number of halogens is 1. The zero-order valence-electron chi connectivity index (χ0n) is 16.4. The maximum absolute atomic E-state index is 13.0. The van der Waals surface area contributed by atoms with Crippen LogP contribution in [-0.4, -0.2) is 41.6 Å². The number of aliphatic hydroxyl groups is 1. The minimum Gasteiger partial charge on any atom is -0.388 e. The molecule has 1 aliphatic rings. The van der Waals surface area contributed by atoms with Gasteiger partial charge in [-0.2, -0.15) is 0 Å². The maximum atomic E-state index is 13.0. The molecular weight excluding hydrogens is 355 g/mol. The fraction of sp³-hybridized carbons (Fsp3) is 0.435. The molecule has 0 aromatic heterocycles. The van der Waals surface area contributed by atoms with E-state index in [9.17, 15) is 14.3 Å². The topological polar surface area (TPSA) is 52.6 Å². The number of hydrogen-bond acceptors (Lipinski definition) is 3. The van der Waals surface area contributed by atoms with Crippen molar-refractivity contribution in [2.75, 3.05) is 19.6 Å². The van der Waals surface area contributed by atoms with Crippen LogP contribution >= 0.6 is 0 Å². The molecule has 1 heterocycles. The predicted molar refractivity (Wildman–Crippen MR) is 108 cm³/mol. The van der Waals surface area contributed by atoms with Gasteiger partial charge in [0.15, 0.2) is 0 Å². The monoisotopic (exact) mass is 384 g/mol. The summed E-state index contributed by atoms with van der Waals surface area (Å²) in [6, 6.07) is 16.0. The van der Waals surface area contributed by atoms with Crippen LogP contribution in [0.25, 0.3) is 0 Å². The minimum absolute atomic E-state index is 0.00967. The number of carbonyl (C=O) groups excluding carboxylic acids is 1. The van der Waals surface area contributed by atoms with Gasteiger partial charge in [-0.25, -0.2) is 4.39 Å². The molecule has 2 aromatic rings. The number of likely N-dealkylation sites (tertiary alicyclic amines) is 1. The Bertz CT molecular complexity index is 743. The summed E-state index contributed by atoms with van der Waals surface area (Å²) in [6.45, 7) is 4.53. The molecule has 0 spiro atoms. The van der Waals surface area contributed by atoms with Crippen LogP contribution in [-0.2, 0) is 4.79 Å². The molecule has 0 bridgehead atoms. The zero-order chi connectivity index (χ0) is 19.9. The second kappa shape index (κ2) is 9.80. The van der Waals surface area contributed by atoms with Crippen molar-refractivity contribution < 1.29 is 14.3 Å². The number of nitrogens with one attached hydrogen (secondary N) is 1. The molecule has 2 N–H and O–H groups in total. The molecule has 4 nitrogen and oxygen atoms in total. The van der Waals surface area contributed by atoms with E-state index < -0.39 is 6.10 Å². The SMILES string of the molecule is CC(C(=O)NC1CCN(CCC(O)c2ccccc2)CC1)c1ccc(F)cc1. The lowest BCUT2D eigenvalue weighted by Crippen LogP contribution is -2.46. The zero-order valence-corrected chi connectivity index (χ0v) is 16.4. The van der Waals surface area contributed by atoms with Gasteiger partial charge in [0.05, 0.1) is 12.0 Å². The van der Waals surface area contributed by atoms with Crippen molar-refractivity contribution in [1.82, 2.24) is 10.2 Å². The van der Waals surface area contributed by atoms with Crippen LogP contribution in [0.4, 0.5) is 4.39 Å². The molecule has 1 fully saturated rings. The van der Waals surface area contributed by atoms with Gasteiger partial charge in [-0.3, -0.25) is 4.79 Å². The third-order valence-corrected chi connectivity index (χ3v) is 5.60. The summed E-state index contributed by atoms with van der Waals surface area (Å²) in [5, 5.41) is 13.4. The van der Waals surface area contributed by atoms with Crippen LogP contribution in [0.2, 0.25) is 0 Å². The van der Waals surface area contributed by atoms with Gasteiger partial charge in [0.1, 0.15) is 5.82 Å². The Labute approximate surface area is 166 Å². The van der Waals surface area contributed by atoms with Gasteiger partial charge >= 0.3 is 0 Å². The van der Waals surface area contributed by atoms with E-state index >= 15 is 0 Å². The summed E-state index contributed by atoms with van der Waals surface area (Å²) < 4.78 is 13.0. The van der Waals surface area contributed by atoms with Crippen molar-refractivity contribution in [2.45, 2.75) is 44.2 Å². The highest BCUT2D eigenvalue weighted by atomic mass is 19.1. The lowest BCUT2D eigenvalue weighted by Gasteiger charge is -2.33. The molecule has 150 valence electrons. The van der Waals surface area contributed by atoms with Gasteiger partial charge in [0.25, 0.3) is 0 Å². The Kier molecular flexibility index (Phi) is 7.18. The number of rotatable bonds is 7. The van der Waals surface area contributed by atoms with Crippen LogP contribution in [0.15, 0.2) is 54.6 Å². The average molecular weight is 384 g/mol. The lowest BCUT2D eigenvalue weighted by atomic mass is 9.98. The summed E-state index contributed by atoms with van der Waals surface area (Å²) in [6.07, 6.45) is 2.09. The Hall–Kier alpha value is -2.24. The van der Waals surface area contributed by atoms with E-state index in [4.69, 9.17) is 0 Å². The molecule has 1 saturated heterocycles. The predicted octanol–water partition coefficient (Wildman–Crippen LogP) is 3.63. The summed E-state index contributed by atoms with van der Waals surface area (Å²) in [4.78, 5) is 14.8. The second-order valence-corrected chi connectivity index (χ2v) is 7.61. The fourth-order valence-corrected chi connectivity index (χ4v) is 3.68. The van der Waals surface area contributed by atoms with Gasteiger partial charge in [-0.1, -0.05) is 42.5 Å². The van der Waals surface area contributed by atoms with Crippen molar-refractivity contribution in [3.05, 3.63) is 71.5 Å². The summed E-state index contributed by atoms with van der Waals surface area (Å²) in [5.74, 6) is -0.592. The van der Waals surface area contributed by atoms with E-state index in [1.54, 1.807) is 12.1 Å². The Morgan fingerprint density at radius 2 is 1.75 bits per heavy atom. The molecule has 5 heteroatoms. The van der Waals surface area contributed by atoms with Gasteiger partial charge in [0, 0.05) is 25.7 Å². The molecule has 3 rings (SSSR count). The average Bonchev–Trinajstić information content (AvgIpc) is 2.73. The molecule has 0 radical (unpaired) electrons. The number of nitrogens with zero attached hydrogens (tertiary/aromatic N) is 1. The Balaban J connectivity index is 1.40. The van der Waals surface area contributed by atoms with E-state index in [0.29, 0.717) is 6.42 Å².